The number of hydrogen-bond donors (Lipinski definition) is 3. The van der Waals surface area contributed by atoms with Crippen LogP contribution in [-0.4, -0.2) is 47.2 Å². The first-order chi connectivity index (χ1) is 11.4. The summed E-state index contributed by atoms with van der Waals surface area (Å²) >= 11 is 3.45. The summed E-state index contributed by atoms with van der Waals surface area (Å²) in [6, 6.07) is 3.29. The SMILES string of the molecule is C#CC1(O)CCN(C(=O)Nc2cc3c(cc2Br)CCNC3=O)CC1. The minimum atomic E-state index is -1.12. The maximum absolute atomic E-state index is 12.4. The zero-order chi connectivity index (χ0) is 17.3. The third-order valence-corrected chi connectivity index (χ3v) is 5.16. The van der Waals surface area contributed by atoms with Crippen molar-refractivity contribution in [1.82, 2.24) is 10.2 Å². The van der Waals surface area contributed by atoms with Crippen molar-refractivity contribution < 1.29 is 14.7 Å². The lowest BCUT2D eigenvalue weighted by Gasteiger charge is -2.35. The summed E-state index contributed by atoms with van der Waals surface area (Å²) in [5.41, 5.74) is 0.968. The molecule has 1 fully saturated rings. The number of hydrogen-bond acceptors (Lipinski definition) is 3. The second kappa shape index (κ2) is 6.46. The number of aliphatic hydroxyl groups is 1. The number of rotatable bonds is 1. The van der Waals surface area contributed by atoms with Crippen LogP contribution in [0.3, 0.4) is 0 Å². The lowest BCUT2D eigenvalue weighted by atomic mass is 9.93. The molecule has 2 heterocycles. The van der Waals surface area contributed by atoms with Gasteiger partial charge in [-0.2, -0.15) is 0 Å². The number of terminal acetylenes is 1. The number of anilines is 1. The highest BCUT2D eigenvalue weighted by atomic mass is 79.9. The second-order valence-electron chi connectivity index (χ2n) is 6.09. The molecule has 24 heavy (non-hydrogen) atoms. The molecule has 2 aliphatic rings. The highest BCUT2D eigenvalue weighted by Gasteiger charge is 2.32. The first-order valence-electron chi connectivity index (χ1n) is 7.78. The molecular formula is C17H18BrN3O3. The standard InChI is InChI=1S/C17H18BrN3O3/c1-2-17(24)4-7-21(8-5-17)16(23)20-14-10-12-11(9-13(14)18)3-6-19-15(12)22/h1,9-10,24H,3-8H2,(H,19,22)(H,20,23). The molecule has 2 aliphatic heterocycles. The summed E-state index contributed by atoms with van der Waals surface area (Å²) in [6.07, 6.45) is 6.79. The summed E-state index contributed by atoms with van der Waals surface area (Å²) in [7, 11) is 0. The second-order valence-corrected chi connectivity index (χ2v) is 6.94. The zero-order valence-corrected chi connectivity index (χ0v) is 14.6. The molecule has 7 heteroatoms. The highest BCUT2D eigenvalue weighted by molar-refractivity contribution is 9.10. The van der Waals surface area contributed by atoms with E-state index in [0.717, 1.165) is 16.5 Å². The molecule has 1 aromatic carbocycles. The quantitative estimate of drug-likeness (QED) is 0.637. The number of nitrogens with one attached hydrogen (secondary N) is 2. The van der Waals surface area contributed by atoms with Gasteiger partial charge in [-0.3, -0.25) is 4.79 Å². The maximum Gasteiger partial charge on any atom is 0.321 e. The molecule has 1 saturated heterocycles. The Kier molecular flexibility index (Phi) is 4.52. The van der Waals surface area contributed by atoms with Crippen LogP contribution in [0.25, 0.3) is 0 Å². The average molecular weight is 392 g/mol. The van der Waals surface area contributed by atoms with Crippen molar-refractivity contribution in [2.75, 3.05) is 25.0 Å². The van der Waals surface area contributed by atoms with Crippen molar-refractivity contribution in [2.24, 2.45) is 0 Å². The molecule has 0 unspecified atom stereocenters. The summed E-state index contributed by atoms with van der Waals surface area (Å²) < 4.78 is 0.737. The summed E-state index contributed by atoms with van der Waals surface area (Å²) in [5, 5.41) is 15.6. The van der Waals surface area contributed by atoms with Gasteiger partial charge in [-0.1, -0.05) is 5.92 Å². The van der Waals surface area contributed by atoms with Gasteiger partial charge < -0.3 is 20.6 Å². The largest absolute Gasteiger partial charge is 0.377 e. The Hall–Kier alpha value is -2.04. The number of benzene rings is 1. The lowest BCUT2D eigenvalue weighted by Crippen LogP contribution is -2.47. The third-order valence-electron chi connectivity index (χ3n) is 4.51. The first-order valence-corrected chi connectivity index (χ1v) is 8.58. The summed E-state index contributed by atoms with van der Waals surface area (Å²) in [5.74, 6) is 2.25. The first kappa shape index (κ1) is 16.8. The van der Waals surface area contributed by atoms with Crippen molar-refractivity contribution in [3.8, 4) is 12.3 Å². The third kappa shape index (κ3) is 3.25. The van der Waals surface area contributed by atoms with Gasteiger partial charge in [0.25, 0.3) is 5.91 Å². The number of carbonyl (C=O) groups excluding carboxylic acids is 2. The Balaban J connectivity index is 1.72. The molecule has 0 aliphatic carbocycles. The highest BCUT2D eigenvalue weighted by Crippen LogP contribution is 2.29. The van der Waals surface area contributed by atoms with Gasteiger partial charge in [0.1, 0.15) is 5.60 Å². The Bertz CT molecular complexity index is 733. The van der Waals surface area contributed by atoms with Crippen molar-refractivity contribution in [3.63, 3.8) is 0 Å². The van der Waals surface area contributed by atoms with Crippen LogP contribution in [0.5, 0.6) is 0 Å². The van der Waals surface area contributed by atoms with Crippen molar-refractivity contribution in [2.45, 2.75) is 24.9 Å². The van der Waals surface area contributed by atoms with E-state index in [4.69, 9.17) is 6.42 Å². The van der Waals surface area contributed by atoms with E-state index in [1.807, 2.05) is 6.07 Å². The number of urea groups is 1. The van der Waals surface area contributed by atoms with Crippen LogP contribution in [-0.2, 0) is 6.42 Å². The lowest BCUT2D eigenvalue weighted by molar-refractivity contribution is 0.0398. The van der Waals surface area contributed by atoms with Gasteiger partial charge in [0.15, 0.2) is 0 Å². The molecule has 3 rings (SSSR count). The Labute approximate surface area is 148 Å². The molecule has 0 spiro atoms. The van der Waals surface area contributed by atoms with Crippen LogP contribution in [0.4, 0.5) is 10.5 Å². The van der Waals surface area contributed by atoms with Gasteiger partial charge in [0, 0.05) is 42.5 Å². The Morgan fingerprint density at radius 3 is 2.79 bits per heavy atom. The van der Waals surface area contributed by atoms with E-state index in [1.165, 1.54) is 0 Å². The van der Waals surface area contributed by atoms with E-state index in [1.54, 1.807) is 11.0 Å². The molecule has 126 valence electrons. The summed E-state index contributed by atoms with van der Waals surface area (Å²) in [6.45, 7) is 1.39. The van der Waals surface area contributed by atoms with E-state index in [0.29, 0.717) is 43.7 Å². The molecule has 6 nitrogen and oxygen atoms in total. The van der Waals surface area contributed by atoms with Crippen LogP contribution in [0.2, 0.25) is 0 Å². The van der Waals surface area contributed by atoms with E-state index in [2.05, 4.69) is 32.5 Å². The number of carbonyl (C=O) groups is 2. The monoisotopic (exact) mass is 391 g/mol. The molecule has 0 bridgehead atoms. The van der Waals surface area contributed by atoms with Crippen molar-refractivity contribution in [3.05, 3.63) is 27.7 Å². The van der Waals surface area contributed by atoms with Crippen LogP contribution < -0.4 is 10.6 Å². The minimum Gasteiger partial charge on any atom is -0.377 e. The molecule has 3 N–H and O–H groups in total. The zero-order valence-electron chi connectivity index (χ0n) is 13.1. The van der Waals surface area contributed by atoms with Crippen LogP contribution >= 0.6 is 15.9 Å². The van der Waals surface area contributed by atoms with E-state index in [9.17, 15) is 14.7 Å². The minimum absolute atomic E-state index is 0.128. The number of nitrogens with zero attached hydrogens (tertiary/aromatic N) is 1. The van der Waals surface area contributed by atoms with Gasteiger partial charge in [0.2, 0.25) is 0 Å². The number of amides is 3. The molecule has 3 amide bonds. The fourth-order valence-corrected chi connectivity index (χ4v) is 3.44. The van der Waals surface area contributed by atoms with Gasteiger partial charge in [-0.25, -0.2) is 4.79 Å². The van der Waals surface area contributed by atoms with Gasteiger partial charge in [-0.05, 0) is 40.0 Å². The van der Waals surface area contributed by atoms with Gasteiger partial charge in [-0.15, -0.1) is 6.42 Å². The molecule has 0 radical (unpaired) electrons. The predicted molar refractivity (Wildman–Crippen MR) is 93.8 cm³/mol. The summed E-state index contributed by atoms with van der Waals surface area (Å²) in [4.78, 5) is 26.0. The van der Waals surface area contributed by atoms with Crippen LogP contribution in [0, 0.1) is 12.3 Å². The fourth-order valence-electron chi connectivity index (χ4n) is 2.95. The smallest absolute Gasteiger partial charge is 0.321 e. The van der Waals surface area contributed by atoms with Gasteiger partial charge >= 0.3 is 6.03 Å². The van der Waals surface area contributed by atoms with E-state index in [-0.39, 0.29) is 11.9 Å². The predicted octanol–water partition coefficient (Wildman–Crippen LogP) is 1.73. The van der Waals surface area contributed by atoms with Crippen LogP contribution in [0.1, 0.15) is 28.8 Å². The normalized spacial score (nSPS) is 19.0. The number of halogens is 1. The molecule has 0 aromatic heterocycles. The molecule has 0 saturated carbocycles. The molecule has 1 aromatic rings. The van der Waals surface area contributed by atoms with Gasteiger partial charge in [0.05, 0.1) is 5.69 Å². The topological polar surface area (TPSA) is 81.7 Å². The van der Waals surface area contributed by atoms with Crippen LogP contribution in [0.15, 0.2) is 16.6 Å². The average Bonchev–Trinajstić information content (AvgIpc) is 2.57. The fraction of sp³-hybridized carbons (Fsp3) is 0.412. The number of fused-ring (bicyclic) bond motifs is 1. The molecular weight excluding hydrogens is 374 g/mol. The number of piperidine rings is 1. The van der Waals surface area contributed by atoms with Crippen molar-refractivity contribution >= 4 is 33.6 Å². The van der Waals surface area contributed by atoms with Crippen molar-refractivity contribution in [1.29, 1.82) is 0 Å². The molecule has 0 atom stereocenters. The van der Waals surface area contributed by atoms with E-state index < -0.39 is 5.60 Å². The Morgan fingerprint density at radius 1 is 1.42 bits per heavy atom. The van der Waals surface area contributed by atoms with E-state index >= 15 is 0 Å². The number of likely N-dealkylation sites (tertiary alicyclic amines) is 1. The maximum atomic E-state index is 12.4. The Morgan fingerprint density at radius 2 is 2.12 bits per heavy atom.